The van der Waals surface area contributed by atoms with Gasteiger partial charge in [-0.1, -0.05) is 45.3 Å². The summed E-state index contributed by atoms with van der Waals surface area (Å²) in [5.74, 6) is 1.28. The maximum absolute atomic E-state index is 6.00. The molecule has 0 aliphatic rings. The summed E-state index contributed by atoms with van der Waals surface area (Å²) in [7, 11) is 0. The molecule has 0 unspecified atom stereocenters. The number of halogens is 1. The maximum atomic E-state index is 6.00. The van der Waals surface area contributed by atoms with E-state index in [1.54, 1.807) is 0 Å². The second kappa shape index (κ2) is 7.23. The topological polar surface area (TPSA) is 75.7 Å². The van der Waals surface area contributed by atoms with Gasteiger partial charge in [0.25, 0.3) is 5.95 Å². The van der Waals surface area contributed by atoms with E-state index in [1.165, 1.54) is 11.1 Å². The number of hydrogen-bond acceptors (Lipinski definition) is 5. The zero-order chi connectivity index (χ0) is 16.1. The van der Waals surface area contributed by atoms with Crippen molar-refractivity contribution in [2.75, 3.05) is 5.32 Å². The van der Waals surface area contributed by atoms with Crippen LogP contribution in [0.2, 0.25) is 0 Å². The molecule has 0 saturated heterocycles. The van der Waals surface area contributed by atoms with Crippen molar-refractivity contribution >= 4 is 21.9 Å². The fourth-order valence-electron chi connectivity index (χ4n) is 2.17. The molecule has 7 heteroatoms. The predicted octanol–water partition coefficient (Wildman–Crippen LogP) is 3.46. The Morgan fingerprint density at radius 3 is 2.83 bits per heavy atom. The van der Waals surface area contributed by atoms with Gasteiger partial charge in [-0.3, -0.25) is 0 Å². The Labute approximate surface area is 142 Å². The molecule has 0 atom stereocenters. The minimum Gasteiger partial charge on any atom is -0.489 e. The first kappa shape index (κ1) is 15.5. The average molecular weight is 374 g/mol. The summed E-state index contributed by atoms with van der Waals surface area (Å²) < 4.78 is 7.00. The van der Waals surface area contributed by atoms with E-state index >= 15 is 0 Å². The third-order valence-corrected chi connectivity index (χ3v) is 3.94. The van der Waals surface area contributed by atoms with Gasteiger partial charge >= 0.3 is 0 Å². The zero-order valence-corrected chi connectivity index (χ0v) is 14.2. The largest absolute Gasteiger partial charge is 0.489 e. The number of tetrazole rings is 1. The van der Waals surface area contributed by atoms with E-state index in [-0.39, 0.29) is 0 Å². The van der Waals surface area contributed by atoms with Crippen molar-refractivity contribution in [1.29, 1.82) is 0 Å². The molecule has 2 N–H and O–H groups in total. The molecular formula is C16H16BrN5O. The van der Waals surface area contributed by atoms with Gasteiger partial charge in [0.05, 0.1) is 0 Å². The first-order chi connectivity index (χ1) is 11.2. The normalized spacial score (nSPS) is 10.5. The number of anilines is 1. The van der Waals surface area contributed by atoms with Gasteiger partial charge in [-0.2, -0.15) is 5.21 Å². The molecule has 0 saturated carbocycles. The van der Waals surface area contributed by atoms with Crippen LogP contribution in [0.3, 0.4) is 0 Å². The van der Waals surface area contributed by atoms with Crippen LogP contribution in [-0.4, -0.2) is 20.6 Å². The molecule has 1 heterocycles. The standard InChI is InChI=1S/C16H16BrN5O/c1-11-4-2-3-5-12(11)10-23-15-7-6-14(17)8-13(15)9-18-16-19-21-22-20-16/h2-8H,9-10H2,1H3,(H2,18,19,20,21,22). The molecule has 0 fully saturated rings. The number of nitrogens with zero attached hydrogens (tertiary/aromatic N) is 3. The van der Waals surface area contributed by atoms with Gasteiger partial charge in [0.1, 0.15) is 12.4 Å². The predicted molar refractivity (Wildman–Crippen MR) is 91.2 cm³/mol. The number of aryl methyl sites for hydroxylation is 1. The Balaban J connectivity index is 1.72. The molecule has 6 nitrogen and oxygen atoms in total. The SMILES string of the molecule is Cc1ccccc1COc1ccc(Br)cc1CNc1nn[nH]n1. The van der Waals surface area contributed by atoms with Crippen LogP contribution in [0, 0.1) is 6.92 Å². The highest BCUT2D eigenvalue weighted by atomic mass is 79.9. The van der Waals surface area contributed by atoms with Gasteiger partial charge in [-0.05, 0) is 41.5 Å². The maximum Gasteiger partial charge on any atom is 0.263 e. The lowest BCUT2D eigenvalue weighted by molar-refractivity contribution is 0.302. The van der Waals surface area contributed by atoms with Crippen LogP contribution in [0.4, 0.5) is 5.95 Å². The Morgan fingerprint density at radius 1 is 1.17 bits per heavy atom. The molecule has 0 spiro atoms. The lowest BCUT2D eigenvalue weighted by Gasteiger charge is -2.13. The lowest BCUT2D eigenvalue weighted by Crippen LogP contribution is -2.05. The van der Waals surface area contributed by atoms with Crippen LogP contribution in [-0.2, 0) is 13.2 Å². The highest BCUT2D eigenvalue weighted by molar-refractivity contribution is 9.10. The summed E-state index contributed by atoms with van der Waals surface area (Å²) in [5, 5.41) is 16.8. The molecule has 3 rings (SSSR count). The van der Waals surface area contributed by atoms with Crippen molar-refractivity contribution in [1.82, 2.24) is 20.6 Å². The highest BCUT2D eigenvalue weighted by Crippen LogP contribution is 2.25. The first-order valence-corrected chi connectivity index (χ1v) is 7.95. The van der Waals surface area contributed by atoms with Crippen molar-refractivity contribution in [3.8, 4) is 5.75 Å². The fourth-order valence-corrected chi connectivity index (χ4v) is 2.57. The van der Waals surface area contributed by atoms with Crippen molar-refractivity contribution in [3.05, 3.63) is 63.6 Å². The molecule has 0 bridgehead atoms. The molecule has 1 aromatic heterocycles. The molecule has 2 aromatic carbocycles. The average Bonchev–Trinajstić information content (AvgIpc) is 3.07. The Bertz CT molecular complexity index is 776. The summed E-state index contributed by atoms with van der Waals surface area (Å²) in [6, 6.07) is 14.1. The minimum atomic E-state index is 0.454. The van der Waals surface area contributed by atoms with Crippen LogP contribution < -0.4 is 10.1 Å². The van der Waals surface area contributed by atoms with E-state index < -0.39 is 0 Å². The van der Waals surface area contributed by atoms with Crippen LogP contribution in [0.15, 0.2) is 46.9 Å². The van der Waals surface area contributed by atoms with E-state index in [9.17, 15) is 0 Å². The van der Waals surface area contributed by atoms with Gasteiger partial charge in [0, 0.05) is 16.6 Å². The Kier molecular flexibility index (Phi) is 4.87. The van der Waals surface area contributed by atoms with E-state index in [0.717, 1.165) is 15.8 Å². The number of hydrogen-bond donors (Lipinski definition) is 2. The molecular weight excluding hydrogens is 358 g/mol. The summed E-state index contributed by atoms with van der Waals surface area (Å²) in [4.78, 5) is 0. The molecule has 118 valence electrons. The van der Waals surface area contributed by atoms with Gasteiger partial charge in [-0.25, -0.2) is 0 Å². The molecule has 0 radical (unpaired) electrons. The number of ether oxygens (including phenoxy) is 1. The summed E-state index contributed by atoms with van der Waals surface area (Å²) in [5.41, 5.74) is 3.40. The van der Waals surface area contributed by atoms with Crippen LogP contribution in [0.1, 0.15) is 16.7 Å². The second-order valence-corrected chi connectivity index (χ2v) is 5.97. The Morgan fingerprint density at radius 2 is 2.04 bits per heavy atom. The van der Waals surface area contributed by atoms with Gasteiger partial charge in [-0.15, -0.1) is 5.10 Å². The Hall–Kier alpha value is -2.41. The molecule has 0 amide bonds. The van der Waals surface area contributed by atoms with Crippen LogP contribution >= 0.6 is 15.9 Å². The van der Waals surface area contributed by atoms with Crippen molar-refractivity contribution in [2.24, 2.45) is 0 Å². The zero-order valence-electron chi connectivity index (χ0n) is 12.6. The number of nitrogens with one attached hydrogen (secondary N) is 2. The fraction of sp³-hybridized carbons (Fsp3) is 0.188. The summed E-state index contributed by atoms with van der Waals surface area (Å²) in [6.07, 6.45) is 0. The van der Waals surface area contributed by atoms with Gasteiger partial charge in [0.15, 0.2) is 0 Å². The highest BCUT2D eigenvalue weighted by Gasteiger charge is 2.07. The van der Waals surface area contributed by atoms with Gasteiger partial charge < -0.3 is 10.1 Å². The second-order valence-electron chi connectivity index (χ2n) is 5.06. The van der Waals surface area contributed by atoms with E-state index in [0.29, 0.717) is 19.1 Å². The quantitative estimate of drug-likeness (QED) is 0.691. The molecule has 0 aliphatic heterocycles. The third-order valence-electron chi connectivity index (χ3n) is 3.45. The van der Waals surface area contributed by atoms with Crippen LogP contribution in [0.5, 0.6) is 5.75 Å². The monoisotopic (exact) mass is 373 g/mol. The van der Waals surface area contributed by atoms with Crippen molar-refractivity contribution in [2.45, 2.75) is 20.1 Å². The smallest absolute Gasteiger partial charge is 0.263 e. The number of benzene rings is 2. The number of rotatable bonds is 6. The van der Waals surface area contributed by atoms with E-state index in [4.69, 9.17) is 4.74 Å². The number of H-pyrrole nitrogens is 1. The molecule has 0 aliphatic carbocycles. The number of aromatic nitrogens is 4. The van der Waals surface area contributed by atoms with Gasteiger partial charge in [0.2, 0.25) is 0 Å². The molecule has 23 heavy (non-hydrogen) atoms. The number of aromatic amines is 1. The third kappa shape index (κ3) is 4.07. The minimum absolute atomic E-state index is 0.454. The van der Waals surface area contributed by atoms with E-state index in [2.05, 4.69) is 60.9 Å². The first-order valence-electron chi connectivity index (χ1n) is 7.15. The molecule has 3 aromatic rings. The van der Waals surface area contributed by atoms with Crippen molar-refractivity contribution < 1.29 is 4.74 Å². The lowest BCUT2D eigenvalue weighted by atomic mass is 10.1. The van der Waals surface area contributed by atoms with E-state index in [1.807, 2.05) is 30.3 Å². The van der Waals surface area contributed by atoms with Crippen molar-refractivity contribution in [3.63, 3.8) is 0 Å². The summed E-state index contributed by atoms with van der Waals surface area (Å²) >= 11 is 3.49. The van der Waals surface area contributed by atoms with Crippen LogP contribution in [0.25, 0.3) is 0 Å². The summed E-state index contributed by atoms with van der Waals surface area (Å²) in [6.45, 7) is 3.16.